The molecule has 3 heterocycles. The molecule has 1 saturated carbocycles. The highest BCUT2D eigenvalue weighted by atomic mass is 19.3. The van der Waals surface area contributed by atoms with E-state index >= 15 is 0 Å². The average Bonchev–Trinajstić information content (AvgIpc) is 3.45. The molecule has 0 atom stereocenters. The largest absolute Gasteiger partial charge is 0.415 e. The van der Waals surface area contributed by atoms with Crippen LogP contribution in [0.4, 0.5) is 14.5 Å². The first kappa shape index (κ1) is 25.9. The summed E-state index contributed by atoms with van der Waals surface area (Å²) in [7, 11) is 1.67. The third kappa shape index (κ3) is 5.15. The van der Waals surface area contributed by atoms with Crippen molar-refractivity contribution in [3.05, 3.63) is 59.2 Å². The molecule has 1 aliphatic heterocycles. The Bertz CT molecular complexity index is 1340. The van der Waals surface area contributed by atoms with E-state index in [1.165, 1.54) is 11.1 Å². The molecule has 1 aliphatic carbocycles. The number of hydrogen-bond acceptors (Lipinski definition) is 8. The zero-order chi connectivity index (χ0) is 27.1. The number of alkyl halides is 2. The minimum atomic E-state index is -2.85. The molecular weight excluding hydrogens is 494 g/mol. The first-order valence-corrected chi connectivity index (χ1v) is 12.5. The van der Waals surface area contributed by atoms with Crippen LogP contribution in [0.2, 0.25) is 0 Å². The lowest BCUT2D eigenvalue weighted by atomic mass is 9.82. The van der Waals surface area contributed by atoms with Crippen LogP contribution in [0.15, 0.2) is 40.9 Å². The van der Waals surface area contributed by atoms with Crippen LogP contribution in [0.3, 0.4) is 0 Å². The van der Waals surface area contributed by atoms with E-state index in [-0.39, 0.29) is 23.9 Å². The van der Waals surface area contributed by atoms with Crippen molar-refractivity contribution >= 4 is 17.9 Å². The molecule has 0 radical (unpaired) electrons. The normalized spacial score (nSPS) is 16.6. The van der Waals surface area contributed by atoms with Crippen molar-refractivity contribution in [1.82, 2.24) is 25.4 Å². The van der Waals surface area contributed by atoms with E-state index in [0.29, 0.717) is 22.4 Å². The Morgan fingerprint density at radius 2 is 2.05 bits per heavy atom. The summed E-state index contributed by atoms with van der Waals surface area (Å²) in [5.41, 5.74) is 2.48. The fourth-order valence-corrected chi connectivity index (χ4v) is 4.78. The topological polar surface area (TPSA) is 104 Å². The Morgan fingerprint density at radius 1 is 1.26 bits per heavy atom. The van der Waals surface area contributed by atoms with Gasteiger partial charge in [0, 0.05) is 55.1 Å². The van der Waals surface area contributed by atoms with Crippen LogP contribution in [0.25, 0.3) is 11.5 Å². The molecule has 1 amide bonds. The number of piperazine rings is 1. The zero-order valence-electron chi connectivity index (χ0n) is 21.6. The Labute approximate surface area is 219 Å². The van der Waals surface area contributed by atoms with E-state index in [9.17, 15) is 18.4 Å². The number of nitrogens with one attached hydrogen (secondary N) is 1. The molecule has 1 N–H and O–H groups in total. The minimum absolute atomic E-state index is 0.0540. The number of halogens is 2. The third-order valence-corrected chi connectivity index (χ3v) is 7.26. The fourth-order valence-electron chi connectivity index (χ4n) is 4.78. The van der Waals surface area contributed by atoms with Gasteiger partial charge in [0.05, 0.1) is 17.8 Å². The van der Waals surface area contributed by atoms with Gasteiger partial charge in [-0.3, -0.25) is 9.78 Å². The number of aromatic nitrogens is 3. The second-order valence-corrected chi connectivity index (χ2v) is 10.6. The number of pyridine rings is 1. The first-order valence-electron chi connectivity index (χ1n) is 12.5. The van der Waals surface area contributed by atoms with Crippen molar-refractivity contribution in [1.29, 1.82) is 0 Å². The van der Waals surface area contributed by atoms with E-state index < -0.39 is 17.7 Å². The molecular formula is C27H30F2N6O3. The van der Waals surface area contributed by atoms with Crippen LogP contribution < -0.4 is 10.2 Å². The van der Waals surface area contributed by atoms with E-state index in [2.05, 4.69) is 25.4 Å². The Kier molecular flexibility index (Phi) is 6.72. The Morgan fingerprint density at radius 3 is 2.68 bits per heavy atom. The number of carbonyl (C=O) groups is 2. The van der Waals surface area contributed by atoms with Gasteiger partial charge in [-0.15, -0.1) is 10.2 Å². The summed E-state index contributed by atoms with van der Waals surface area (Å²) in [5.74, 6) is -1.04. The van der Waals surface area contributed by atoms with Gasteiger partial charge < -0.3 is 24.3 Å². The molecule has 38 heavy (non-hydrogen) atoms. The van der Waals surface area contributed by atoms with Crippen molar-refractivity contribution in [2.24, 2.45) is 0 Å². The summed E-state index contributed by atoms with van der Waals surface area (Å²) >= 11 is 0. The smallest absolute Gasteiger partial charge is 0.314 e. The van der Waals surface area contributed by atoms with Gasteiger partial charge in [-0.1, -0.05) is 0 Å². The Hall–Kier alpha value is -3.73. The van der Waals surface area contributed by atoms with Crippen molar-refractivity contribution in [2.45, 2.75) is 50.6 Å². The number of amides is 1. The molecule has 11 heteroatoms. The molecule has 0 unspecified atom stereocenters. The average molecular weight is 525 g/mol. The lowest BCUT2D eigenvalue weighted by Crippen LogP contribution is -2.52. The van der Waals surface area contributed by atoms with E-state index in [0.717, 1.165) is 44.4 Å². The molecule has 2 aliphatic rings. The number of anilines is 1. The van der Waals surface area contributed by atoms with Crippen LogP contribution in [-0.2, 0) is 16.8 Å². The maximum absolute atomic E-state index is 13.5. The third-order valence-electron chi connectivity index (χ3n) is 7.26. The summed E-state index contributed by atoms with van der Waals surface area (Å²) in [6.07, 6.45) is 1.79. The van der Waals surface area contributed by atoms with Gasteiger partial charge in [0.15, 0.2) is 0 Å². The van der Waals surface area contributed by atoms with Crippen LogP contribution in [-0.4, -0.2) is 64.5 Å². The summed E-state index contributed by atoms with van der Waals surface area (Å²) in [4.78, 5) is 33.8. The maximum Gasteiger partial charge on any atom is 0.314 e. The molecule has 3 aromatic rings. The number of benzene rings is 1. The number of aldehydes is 1. The van der Waals surface area contributed by atoms with Crippen LogP contribution in [0.1, 0.15) is 60.6 Å². The monoisotopic (exact) mass is 524 g/mol. The van der Waals surface area contributed by atoms with Gasteiger partial charge in [0.2, 0.25) is 5.89 Å². The SMILES string of the molecule is CN(Cc1ccc(-c2nnc(C(F)F)o2)cn1)C(=O)c1ccc(N2CCNC3(CC3)C2)cc1C(C)(C)C=O. The summed E-state index contributed by atoms with van der Waals surface area (Å²) in [6.45, 7) is 6.51. The lowest BCUT2D eigenvalue weighted by Gasteiger charge is -2.36. The van der Waals surface area contributed by atoms with Crippen LogP contribution in [0, 0.1) is 0 Å². The second-order valence-electron chi connectivity index (χ2n) is 10.6. The standard InChI is InChI=1S/C27H30F2N6O3/c1-26(2,16-36)21-12-19(35-11-10-31-27(15-35)8-9-27)6-7-20(21)25(37)34(3)14-18-5-4-17(13-30-18)23-32-33-24(38-23)22(28)29/h4-7,12-13,16,22,31H,8-11,14-15H2,1-3H3. The minimum Gasteiger partial charge on any atom is -0.415 e. The van der Waals surface area contributed by atoms with Gasteiger partial charge in [0.1, 0.15) is 6.29 Å². The predicted octanol–water partition coefficient (Wildman–Crippen LogP) is 3.76. The molecule has 1 spiro atoms. The summed E-state index contributed by atoms with van der Waals surface area (Å²) in [6, 6.07) is 9.03. The predicted molar refractivity (Wildman–Crippen MR) is 136 cm³/mol. The fraction of sp³-hybridized carbons (Fsp3) is 0.444. The quantitative estimate of drug-likeness (QED) is 0.444. The number of rotatable bonds is 8. The summed E-state index contributed by atoms with van der Waals surface area (Å²) < 4.78 is 30.4. The second kappa shape index (κ2) is 9.86. The van der Waals surface area contributed by atoms with Gasteiger partial charge in [-0.2, -0.15) is 8.78 Å². The molecule has 1 aromatic carbocycles. The lowest BCUT2D eigenvalue weighted by molar-refractivity contribution is -0.111. The molecule has 1 saturated heterocycles. The first-order chi connectivity index (χ1) is 18.1. The summed E-state index contributed by atoms with van der Waals surface area (Å²) in [5, 5.41) is 10.5. The molecule has 2 fully saturated rings. The number of nitrogens with zero attached hydrogens (tertiary/aromatic N) is 5. The van der Waals surface area contributed by atoms with Crippen molar-refractivity contribution in [3.8, 4) is 11.5 Å². The maximum atomic E-state index is 13.5. The van der Waals surface area contributed by atoms with Gasteiger partial charge >= 0.3 is 6.43 Å². The van der Waals surface area contributed by atoms with Gasteiger partial charge in [-0.05, 0) is 62.6 Å². The number of hydrogen-bond donors (Lipinski definition) is 1. The molecule has 2 aromatic heterocycles. The van der Waals surface area contributed by atoms with Crippen molar-refractivity contribution < 1.29 is 22.8 Å². The zero-order valence-corrected chi connectivity index (χ0v) is 21.6. The van der Waals surface area contributed by atoms with Gasteiger partial charge in [0.25, 0.3) is 11.8 Å². The van der Waals surface area contributed by atoms with E-state index in [1.54, 1.807) is 19.2 Å². The Balaban J connectivity index is 1.34. The highest BCUT2D eigenvalue weighted by Crippen LogP contribution is 2.39. The van der Waals surface area contributed by atoms with E-state index in [1.807, 2.05) is 32.0 Å². The highest BCUT2D eigenvalue weighted by Gasteiger charge is 2.45. The van der Waals surface area contributed by atoms with Crippen LogP contribution in [0.5, 0.6) is 0 Å². The number of carbonyl (C=O) groups excluding carboxylic acids is 2. The molecule has 9 nitrogen and oxygen atoms in total. The van der Waals surface area contributed by atoms with Crippen molar-refractivity contribution in [2.75, 3.05) is 31.6 Å². The van der Waals surface area contributed by atoms with E-state index in [4.69, 9.17) is 4.42 Å². The van der Waals surface area contributed by atoms with Crippen LogP contribution >= 0.6 is 0 Å². The molecule has 5 rings (SSSR count). The highest BCUT2D eigenvalue weighted by molar-refractivity contribution is 5.97. The molecule has 0 bridgehead atoms. The van der Waals surface area contributed by atoms with Gasteiger partial charge in [-0.25, -0.2) is 0 Å². The molecule has 200 valence electrons. The van der Waals surface area contributed by atoms with Crippen molar-refractivity contribution in [3.63, 3.8) is 0 Å².